The maximum Gasteiger partial charge on any atom is 0.315 e. The van der Waals surface area contributed by atoms with Crippen molar-refractivity contribution < 1.29 is 22.5 Å². The number of para-hydroxylation sites is 1. The Balaban J connectivity index is 2.17. The lowest BCUT2D eigenvalue weighted by atomic mass is 10.2. The lowest BCUT2D eigenvalue weighted by Crippen LogP contribution is -2.13. The Kier molecular flexibility index (Phi) is 4.16. The van der Waals surface area contributed by atoms with E-state index in [1.165, 1.54) is 24.3 Å². The summed E-state index contributed by atoms with van der Waals surface area (Å²) in [7, 11) is -4.43. The number of esters is 1. The quantitative estimate of drug-likeness (QED) is 0.530. The van der Waals surface area contributed by atoms with E-state index in [2.05, 4.69) is 0 Å². The van der Waals surface area contributed by atoms with Gasteiger partial charge < -0.3 is 4.74 Å². The smallest absolute Gasteiger partial charge is 0.315 e. The molecule has 0 aromatic heterocycles. The van der Waals surface area contributed by atoms with Crippen LogP contribution in [0, 0.1) is 0 Å². The van der Waals surface area contributed by atoms with Crippen molar-refractivity contribution in [3.63, 3.8) is 0 Å². The molecule has 0 unspecified atom stereocenters. The summed E-state index contributed by atoms with van der Waals surface area (Å²) in [6, 6.07) is 14.3. The summed E-state index contributed by atoms with van der Waals surface area (Å²) < 4.78 is 36.4. The Morgan fingerprint density at radius 2 is 1.60 bits per heavy atom. The zero-order chi connectivity index (χ0) is 14.6. The third kappa shape index (κ3) is 3.66. The molecule has 6 heteroatoms. The van der Waals surface area contributed by atoms with Crippen LogP contribution in [0.2, 0.25) is 0 Å². The summed E-state index contributed by atoms with van der Waals surface area (Å²) in [4.78, 5) is 11.3. The van der Waals surface area contributed by atoms with E-state index in [-0.39, 0.29) is 12.2 Å². The van der Waals surface area contributed by atoms with Crippen LogP contribution >= 0.6 is 0 Å². The average Bonchev–Trinajstić information content (AvgIpc) is 2.39. The minimum absolute atomic E-state index is 0.0145. The van der Waals surface area contributed by atoms with Gasteiger partial charge in [0.2, 0.25) is 0 Å². The van der Waals surface area contributed by atoms with Gasteiger partial charge in [0.25, 0.3) is 10.1 Å². The highest BCUT2D eigenvalue weighted by Crippen LogP contribution is 2.23. The van der Waals surface area contributed by atoms with Crippen molar-refractivity contribution in [2.24, 2.45) is 0 Å². The third-order valence-corrected chi connectivity index (χ3v) is 3.44. The molecule has 0 saturated heterocycles. The first-order valence-electron chi connectivity index (χ1n) is 5.78. The summed E-state index contributed by atoms with van der Waals surface area (Å²) in [5.74, 6) is -0.789. The maximum absolute atomic E-state index is 11.8. The molecule has 2 rings (SSSR count). The first-order chi connectivity index (χ1) is 9.47. The molecule has 0 radical (unpaired) electrons. The van der Waals surface area contributed by atoms with E-state index in [0.717, 1.165) is 5.56 Å². The van der Waals surface area contributed by atoms with E-state index < -0.39 is 21.0 Å². The van der Waals surface area contributed by atoms with E-state index in [4.69, 9.17) is 9.29 Å². The summed E-state index contributed by atoms with van der Waals surface area (Å²) in [5, 5.41) is 0. The van der Waals surface area contributed by atoms with Crippen LogP contribution in [0.3, 0.4) is 0 Å². The first kappa shape index (κ1) is 14.2. The van der Waals surface area contributed by atoms with E-state index >= 15 is 0 Å². The van der Waals surface area contributed by atoms with Gasteiger partial charge in [0.15, 0.2) is 5.75 Å². The van der Waals surface area contributed by atoms with Crippen molar-refractivity contribution in [1.82, 2.24) is 0 Å². The number of hydrogen-bond acceptors (Lipinski definition) is 4. The second-order valence-corrected chi connectivity index (χ2v) is 5.45. The molecule has 2 aromatic rings. The fourth-order valence-electron chi connectivity index (χ4n) is 1.67. The van der Waals surface area contributed by atoms with Crippen LogP contribution in [0.25, 0.3) is 0 Å². The molecular weight excluding hydrogens is 280 g/mol. The molecule has 0 bridgehead atoms. The third-order valence-electron chi connectivity index (χ3n) is 2.54. The molecule has 0 heterocycles. The maximum atomic E-state index is 11.8. The second-order valence-electron chi connectivity index (χ2n) is 4.06. The van der Waals surface area contributed by atoms with Gasteiger partial charge in [-0.1, -0.05) is 42.5 Å². The number of hydrogen-bond donors (Lipinski definition) is 1. The standard InChI is InChI=1S/C14H12O5S/c15-14(10-11-6-2-1-3-7-11)19-12-8-4-5-9-13(12)20(16,17)18/h1-9H,10H2,(H,16,17,18). The molecule has 2 aromatic carbocycles. The van der Waals surface area contributed by atoms with Gasteiger partial charge >= 0.3 is 5.97 Å². The number of ether oxygens (including phenoxy) is 1. The Morgan fingerprint density at radius 3 is 2.25 bits per heavy atom. The number of carbonyl (C=O) groups is 1. The Morgan fingerprint density at radius 1 is 1.00 bits per heavy atom. The number of rotatable bonds is 4. The lowest BCUT2D eigenvalue weighted by molar-refractivity contribution is -0.133. The molecule has 0 aliphatic rings. The van der Waals surface area contributed by atoms with Crippen molar-refractivity contribution in [3.8, 4) is 5.75 Å². The fourth-order valence-corrected chi connectivity index (χ4v) is 2.28. The molecule has 0 atom stereocenters. The minimum Gasteiger partial charge on any atom is -0.425 e. The number of carbonyl (C=O) groups excluding carboxylic acids is 1. The largest absolute Gasteiger partial charge is 0.425 e. The zero-order valence-electron chi connectivity index (χ0n) is 10.4. The van der Waals surface area contributed by atoms with Gasteiger partial charge in [0.1, 0.15) is 4.90 Å². The second kappa shape index (κ2) is 5.85. The van der Waals surface area contributed by atoms with Crippen molar-refractivity contribution in [2.45, 2.75) is 11.3 Å². The molecule has 0 aliphatic carbocycles. The molecule has 0 saturated carbocycles. The van der Waals surface area contributed by atoms with Crippen molar-refractivity contribution in [1.29, 1.82) is 0 Å². The summed E-state index contributed by atoms with van der Waals surface area (Å²) in [5.41, 5.74) is 0.752. The Labute approximate surface area is 116 Å². The fraction of sp³-hybridized carbons (Fsp3) is 0.0714. The molecule has 1 N–H and O–H groups in total. The zero-order valence-corrected chi connectivity index (χ0v) is 11.2. The van der Waals surface area contributed by atoms with Crippen LogP contribution in [0.15, 0.2) is 59.5 Å². The first-order valence-corrected chi connectivity index (χ1v) is 7.22. The van der Waals surface area contributed by atoms with Crippen LogP contribution < -0.4 is 4.74 Å². The van der Waals surface area contributed by atoms with Gasteiger partial charge in [-0.3, -0.25) is 9.35 Å². The summed E-state index contributed by atoms with van der Waals surface area (Å²) in [6.45, 7) is 0. The summed E-state index contributed by atoms with van der Waals surface area (Å²) in [6.07, 6.45) is 0.0145. The van der Waals surface area contributed by atoms with Crippen molar-refractivity contribution in [3.05, 3.63) is 60.2 Å². The van der Waals surface area contributed by atoms with Gasteiger partial charge in [-0.05, 0) is 17.7 Å². The van der Waals surface area contributed by atoms with Crippen molar-refractivity contribution >= 4 is 16.1 Å². The topological polar surface area (TPSA) is 80.7 Å². The summed E-state index contributed by atoms with van der Waals surface area (Å²) >= 11 is 0. The van der Waals surface area contributed by atoms with Gasteiger partial charge in [0.05, 0.1) is 6.42 Å². The van der Waals surface area contributed by atoms with E-state index in [9.17, 15) is 13.2 Å². The van der Waals surface area contributed by atoms with Gasteiger partial charge in [-0.25, -0.2) is 0 Å². The van der Waals surface area contributed by atoms with E-state index in [1.807, 2.05) is 6.07 Å². The highest BCUT2D eigenvalue weighted by molar-refractivity contribution is 7.86. The monoisotopic (exact) mass is 292 g/mol. The highest BCUT2D eigenvalue weighted by atomic mass is 32.2. The molecular formula is C14H12O5S. The van der Waals surface area contributed by atoms with Crippen LogP contribution in [-0.2, 0) is 21.3 Å². The van der Waals surface area contributed by atoms with Crippen LogP contribution in [0.4, 0.5) is 0 Å². The lowest BCUT2D eigenvalue weighted by Gasteiger charge is -2.07. The number of benzene rings is 2. The molecule has 20 heavy (non-hydrogen) atoms. The predicted octanol–water partition coefficient (Wildman–Crippen LogP) is 2.08. The Bertz CT molecular complexity index is 707. The average molecular weight is 292 g/mol. The molecule has 0 amide bonds. The van der Waals surface area contributed by atoms with Gasteiger partial charge in [-0.2, -0.15) is 8.42 Å². The molecule has 0 aliphatic heterocycles. The van der Waals surface area contributed by atoms with Gasteiger partial charge in [-0.15, -0.1) is 0 Å². The molecule has 5 nitrogen and oxygen atoms in total. The Hall–Kier alpha value is -2.18. The molecule has 0 spiro atoms. The predicted molar refractivity (Wildman–Crippen MR) is 72.0 cm³/mol. The highest BCUT2D eigenvalue weighted by Gasteiger charge is 2.18. The minimum atomic E-state index is -4.43. The normalized spacial score (nSPS) is 11.1. The molecule has 0 fully saturated rings. The van der Waals surface area contributed by atoms with Gasteiger partial charge in [0, 0.05) is 0 Å². The van der Waals surface area contributed by atoms with Crippen LogP contribution in [0.1, 0.15) is 5.56 Å². The molecule has 104 valence electrons. The van der Waals surface area contributed by atoms with E-state index in [0.29, 0.717) is 0 Å². The van der Waals surface area contributed by atoms with Crippen LogP contribution in [0.5, 0.6) is 5.75 Å². The van der Waals surface area contributed by atoms with Crippen molar-refractivity contribution in [2.75, 3.05) is 0 Å². The van der Waals surface area contributed by atoms with Crippen LogP contribution in [-0.4, -0.2) is 18.9 Å². The van der Waals surface area contributed by atoms with E-state index in [1.54, 1.807) is 24.3 Å². The SMILES string of the molecule is O=C(Cc1ccccc1)Oc1ccccc1S(=O)(=O)O.